The number of aromatic amines is 2. The van der Waals surface area contributed by atoms with Crippen LogP contribution in [-0.2, 0) is 28.8 Å². The Bertz CT molecular complexity index is 2370. The zero-order valence-electron chi connectivity index (χ0n) is 28.0. The molecule has 0 unspecified atom stereocenters. The molecule has 0 fully saturated rings. The lowest BCUT2D eigenvalue weighted by molar-refractivity contribution is -0.134. The minimum absolute atomic E-state index is 0.0237. The van der Waals surface area contributed by atoms with Gasteiger partial charge in [0.1, 0.15) is 0 Å². The molecule has 0 amide bonds. The predicted octanol–water partition coefficient (Wildman–Crippen LogP) is 4.85. The van der Waals surface area contributed by atoms with Crippen LogP contribution in [0.5, 0.6) is 34.5 Å². The molecular formula is C36H29N3O12. The Morgan fingerprint density at radius 2 is 1.08 bits per heavy atom. The third-order valence-electron chi connectivity index (χ3n) is 6.82. The number of carbonyl (C=O) groups excluding carboxylic acids is 6. The lowest BCUT2D eigenvalue weighted by Crippen LogP contribution is -2.09. The number of H-pyrrole nitrogens is 2. The maximum absolute atomic E-state index is 12.3. The molecule has 5 aromatic rings. The second-order valence-corrected chi connectivity index (χ2v) is 10.9. The summed E-state index contributed by atoms with van der Waals surface area (Å²) in [7, 11) is 0. The predicted molar refractivity (Wildman–Crippen MR) is 180 cm³/mol. The van der Waals surface area contributed by atoms with Crippen molar-refractivity contribution in [3.8, 4) is 57.6 Å². The number of esters is 6. The molecule has 15 nitrogen and oxygen atoms in total. The normalized spacial score (nSPS) is 10.5. The SMILES string of the molecule is CC(=O)Oc1cc(N)c(C#Cc2c(OC(C)=O)c(OC(C)=O)cc3cc(-c4c(OC(C)=O)c(OC(C)=O)cc5cc[nH]c45)[nH]c23)cc1OC(C)=O. The second kappa shape index (κ2) is 14.2. The number of ether oxygens (including phenoxy) is 6. The number of benzene rings is 3. The Morgan fingerprint density at radius 1 is 0.569 bits per heavy atom. The van der Waals surface area contributed by atoms with Gasteiger partial charge in [-0.25, -0.2) is 0 Å². The van der Waals surface area contributed by atoms with Crippen molar-refractivity contribution in [1.82, 2.24) is 9.97 Å². The molecule has 2 aromatic heterocycles. The van der Waals surface area contributed by atoms with E-state index in [9.17, 15) is 28.8 Å². The molecule has 0 radical (unpaired) electrons. The third-order valence-corrected chi connectivity index (χ3v) is 6.82. The highest BCUT2D eigenvalue weighted by Crippen LogP contribution is 2.46. The van der Waals surface area contributed by atoms with Crippen LogP contribution in [0.2, 0.25) is 0 Å². The molecule has 5 rings (SSSR count). The lowest BCUT2D eigenvalue weighted by Gasteiger charge is -2.14. The van der Waals surface area contributed by atoms with Crippen LogP contribution in [0.25, 0.3) is 33.1 Å². The van der Waals surface area contributed by atoms with Crippen molar-refractivity contribution in [3.05, 3.63) is 53.7 Å². The molecule has 0 saturated carbocycles. The summed E-state index contributed by atoms with van der Waals surface area (Å²) in [6.07, 6.45) is 1.64. The van der Waals surface area contributed by atoms with Gasteiger partial charge in [0.25, 0.3) is 0 Å². The molecule has 3 aromatic carbocycles. The maximum Gasteiger partial charge on any atom is 0.308 e. The monoisotopic (exact) mass is 695 g/mol. The summed E-state index contributed by atoms with van der Waals surface area (Å²) in [6.45, 7) is 7.00. The standard InChI is InChI=1S/C36H29N3O12/c1-16(40)46-28-12-22(26(37)15-29(28)47-17(2)41)7-8-25-33-24(14-30(48-18(3)42)35(25)50-20(5)44)11-27(39-33)32-34-23(9-10-38-34)13-31(49-19(4)43)36(32)51-21(6)45/h9-15,38-39H,37H2,1-6H3. The first-order valence-corrected chi connectivity index (χ1v) is 15.0. The first-order chi connectivity index (χ1) is 24.1. The van der Waals surface area contributed by atoms with Crippen molar-refractivity contribution in [2.75, 3.05) is 5.73 Å². The van der Waals surface area contributed by atoms with E-state index < -0.39 is 35.8 Å². The van der Waals surface area contributed by atoms with Gasteiger partial charge < -0.3 is 44.1 Å². The number of hydrogen-bond donors (Lipinski definition) is 3. The van der Waals surface area contributed by atoms with Crippen molar-refractivity contribution in [2.24, 2.45) is 0 Å². The van der Waals surface area contributed by atoms with E-state index in [2.05, 4.69) is 21.8 Å². The van der Waals surface area contributed by atoms with Crippen LogP contribution in [0.15, 0.2) is 42.6 Å². The Morgan fingerprint density at radius 3 is 1.67 bits per heavy atom. The van der Waals surface area contributed by atoms with Crippen molar-refractivity contribution in [1.29, 1.82) is 0 Å². The van der Waals surface area contributed by atoms with Crippen LogP contribution in [0.4, 0.5) is 5.69 Å². The third kappa shape index (κ3) is 7.81. The lowest BCUT2D eigenvalue weighted by atomic mass is 10.1. The molecule has 2 heterocycles. The first-order valence-electron chi connectivity index (χ1n) is 15.0. The molecule has 0 bridgehead atoms. The fraction of sp³-hybridized carbons (Fsp3) is 0.167. The summed E-state index contributed by atoms with van der Waals surface area (Å²) in [5.41, 5.74) is 7.80. The van der Waals surface area contributed by atoms with Gasteiger partial charge in [-0.1, -0.05) is 11.8 Å². The second-order valence-electron chi connectivity index (χ2n) is 10.9. The van der Waals surface area contributed by atoms with Crippen LogP contribution in [-0.4, -0.2) is 45.8 Å². The highest BCUT2D eigenvalue weighted by Gasteiger charge is 2.26. The summed E-state index contributed by atoms with van der Waals surface area (Å²) in [6, 6.07) is 8.87. The Balaban J connectivity index is 1.83. The van der Waals surface area contributed by atoms with Crippen LogP contribution < -0.4 is 34.2 Å². The number of nitrogen functional groups attached to an aromatic ring is 1. The molecule has 0 aliphatic rings. The van der Waals surface area contributed by atoms with Gasteiger partial charge in [0.15, 0.2) is 34.5 Å². The molecule has 260 valence electrons. The molecule has 0 aliphatic heterocycles. The van der Waals surface area contributed by atoms with E-state index in [1.165, 1.54) is 38.1 Å². The van der Waals surface area contributed by atoms with Gasteiger partial charge in [0.05, 0.1) is 39.1 Å². The molecule has 4 N–H and O–H groups in total. The van der Waals surface area contributed by atoms with Gasteiger partial charge in [-0.3, -0.25) is 28.8 Å². The fourth-order valence-electron chi connectivity index (χ4n) is 5.14. The van der Waals surface area contributed by atoms with Gasteiger partial charge in [-0.05, 0) is 24.3 Å². The van der Waals surface area contributed by atoms with Gasteiger partial charge >= 0.3 is 35.8 Å². The van der Waals surface area contributed by atoms with Crippen LogP contribution in [0, 0.1) is 11.8 Å². The number of nitrogens with one attached hydrogen (secondary N) is 2. The fourth-order valence-corrected chi connectivity index (χ4v) is 5.14. The average Bonchev–Trinajstić information content (AvgIpc) is 3.64. The molecule has 51 heavy (non-hydrogen) atoms. The van der Waals surface area contributed by atoms with Crippen LogP contribution in [0.3, 0.4) is 0 Å². The minimum Gasteiger partial charge on any atom is -0.423 e. The zero-order valence-corrected chi connectivity index (χ0v) is 28.0. The maximum atomic E-state index is 12.3. The zero-order chi connectivity index (χ0) is 37.1. The first kappa shape index (κ1) is 35.2. The number of aromatic nitrogens is 2. The summed E-state index contributed by atoms with van der Waals surface area (Å²) in [4.78, 5) is 78.6. The summed E-state index contributed by atoms with van der Waals surface area (Å²) in [5.74, 6) is 0.783. The Labute approximate surface area is 288 Å². The average molecular weight is 696 g/mol. The van der Waals surface area contributed by atoms with E-state index in [1.807, 2.05) is 0 Å². The van der Waals surface area contributed by atoms with Crippen molar-refractivity contribution >= 4 is 63.3 Å². The van der Waals surface area contributed by atoms with E-state index in [-0.39, 0.29) is 56.8 Å². The number of anilines is 1. The van der Waals surface area contributed by atoms with Gasteiger partial charge in [-0.2, -0.15) is 0 Å². The molecule has 0 saturated heterocycles. The summed E-state index contributed by atoms with van der Waals surface area (Å²) < 4.78 is 32.3. The molecule has 0 atom stereocenters. The van der Waals surface area contributed by atoms with Crippen molar-refractivity contribution in [2.45, 2.75) is 41.5 Å². The Kier molecular flexibility index (Phi) is 9.80. The van der Waals surface area contributed by atoms with E-state index in [0.717, 1.165) is 27.7 Å². The smallest absolute Gasteiger partial charge is 0.308 e. The summed E-state index contributed by atoms with van der Waals surface area (Å²) in [5, 5.41) is 1.000. The molecule has 0 aliphatic carbocycles. The molecular weight excluding hydrogens is 666 g/mol. The van der Waals surface area contributed by atoms with Crippen LogP contribution >= 0.6 is 0 Å². The van der Waals surface area contributed by atoms with Crippen LogP contribution in [0.1, 0.15) is 52.7 Å². The number of fused-ring (bicyclic) bond motifs is 2. The van der Waals surface area contributed by atoms with E-state index in [0.29, 0.717) is 27.5 Å². The van der Waals surface area contributed by atoms with Gasteiger partial charge in [-0.15, -0.1) is 0 Å². The minimum atomic E-state index is -0.765. The number of carbonyl (C=O) groups is 6. The van der Waals surface area contributed by atoms with E-state index >= 15 is 0 Å². The largest absolute Gasteiger partial charge is 0.423 e. The molecule has 0 spiro atoms. The highest BCUT2D eigenvalue weighted by molar-refractivity contribution is 6.04. The molecule has 15 heteroatoms. The number of rotatable bonds is 7. The quantitative estimate of drug-likeness (QED) is 0.0899. The van der Waals surface area contributed by atoms with Gasteiger partial charge in [0, 0.05) is 70.6 Å². The summed E-state index contributed by atoms with van der Waals surface area (Å²) >= 11 is 0. The van der Waals surface area contributed by atoms with Crippen molar-refractivity contribution < 1.29 is 57.2 Å². The highest BCUT2D eigenvalue weighted by atomic mass is 16.6. The Hall–Kier alpha value is -7.08. The van der Waals surface area contributed by atoms with E-state index in [4.69, 9.17) is 34.2 Å². The number of nitrogens with two attached hydrogens (primary N) is 1. The number of hydrogen-bond acceptors (Lipinski definition) is 13. The van der Waals surface area contributed by atoms with Crippen molar-refractivity contribution in [3.63, 3.8) is 0 Å². The van der Waals surface area contributed by atoms with E-state index in [1.54, 1.807) is 18.3 Å². The topological polar surface area (TPSA) is 215 Å². The van der Waals surface area contributed by atoms with Gasteiger partial charge in [0.2, 0.25) is 0 Å².